The van der Waals surface area contributed by atoms with Crippen molar-refractivity contribution in [1.82, 2.24) is 45.5 Å². The third-order valence-corrected chi connectivity index (χ3v) is 4.18. The average molecular weight is 699 g/mol. The van der Waals surface area contributed by atoms with Crippen molar-refractivity contribution in [3.63, 3.8) is 0 Å². The van der Waals surface area contributed by atoms with Crippen LogP contribution in [0.25, 0.3) is 34.2 Å². The molecule has 0 aliphatic rings. The van der Waals surface area contributed by atoms with Crippen LogP contribution < -0.4 is 15.3 Å². The Morgan fingerprint density at radius 1 is 0.447 bits per heavy atom. The second kappa shape index (κ2) is 17.4. The standard InChI is InChI=1S/3C8H6N3.BH3O3.Tl/c3*1-2-5-9-7(3-1)8-4-6-10-11-8;2-1(3)4;/h3*1-6H;2-4H;/q3*-1;;+3. The van der Waals surface area contributed by atoms with E-state index >= 15 is 0 Å². The molecule has 0 unspecified atom stereocenters. The Balaban J connectivity index is 0.000000185. The van der Waals surface area contributed by atoms with E-state index in [1.165, 1.54) is 0 Å². The Morgan fingerprint density at radius 2 is 0.737 bits per heavy atom. The Bertz CT molecular complexity index is 1180. The zero-order valence-corrected chi connectivity index (χ0v) is 24.4. The minimum absolute atomic E-state index is 0. The number of pyridine rings is 3. The minimum atomic E-state index is -2.17. The van der Waals surface area contributed by atoms with Gasteiger partial charge in [0.15, 0.2) is 0 Å². The van der Waals surface area contributed by atoms with E-state index in [2.05, 4.69) is 45.5 Å². The first-order valence-electron chi connectivity index (χ1n) is 10.7. The number of hydrogen-bond acceptors (Lipinski definition) is 9. The van der Waals surface area contributed by atoms with Gasteiger partial charge in [-0.05, 0) is 36.4 Å². The van der Waals surface area contributed by atoms with Crippen molar-refractivity contribution in [2.75, 3.05) is 0 Å². The number of hydrogen-bond donors (Lipinski definition) is 3. The van der Waals surface area contributed by atoms with Crippen LogP contribution >= 0.6 is 0 Å². The van der Waals surface area contributed by atoms with Gasteiger partial charge in [0.2, 0.25) is 0 Å². The maximum atomic E-state index is 7.17. The predicted octanol–water partition coefficient (Wildman–Crippen LogP) is 0.870. The summed E-state index contributed by atoms with van der Waals surface area (Å²) in [5.74, 6) is 0. The van der Waals surface area contributed by atoms with Gasteiger partial charge in [-0.2, -0.15) is 18.6 Å². The number of aromatic nitrogens is 9. The van der Waals surface area contributed by atoms with Gasteiger partial charge in [0.25, 0.3) is 0 Å². The average Bonchev–Trinajstić information content (AvgIpc) is 3.74. The van der Waals surface area contributed by atoms with Crippen LogP contribution in [0.4, 0.5) is 0 Å². The molecule has 0 radical (unpaired) electrons. The summed E-state index contributed by atoms with van der Waals surface area (Å²) < 4.78 is 0. The van der Waals surface area contributed by atoms with Crippen molar-refractivity contribution >= 4 is 34.6 Å². The van der Waals surface area contributed by atoms with Crippen LogP contribution in [0.15, 0.2) is 110 Å². The van der Waals surface area contributed by atoms with E-state index in [-0.39, 0.29) is 27.3 Å². The van der Waals surface area contributed by atoms with Gasteiger partial charge in [-0.15, -0.1) is 0 Å². The first-order valence-corrected chi connectivity index (χ1v) is 10.7. The van der Waals surface area contributed by atoms with Gasteiger partial charge in [-0.3, -0.25) is 15.0 Å². The molecule has 12 nitrogen and oxygen atoms in total. The second-order valence-electron chi connectivity index (χ2n) is 6.74. The Morgan fingerprint density at radius 3 is 0.921 bits per heavy atom. The van der Waals surface area contributed by atoms with Gasteiger partial charge < -0.3 is 45.7 Å². The van der Waals surface area contributed by atoms with E-state index in [0.717, 1.165) is 34.2 Å². The summed E-state index contributed by atoms with van der Waals surface area (Å²) in [6, 6.07) is 22.6. The molecule has 0 saturated heterocycles. The zero-order valence-electron chi connectivity index (χ0n) is 19.9. The van der Waals surface area contributed by atoms with Crippen molar-refractivity contribution in [2.24, 2.45) is 0 Å². The molecular formula is C24H21BN9O3Tl. The molecule has 3 N–H and O–H groups in total. The third kappa shape index (κ3) is 10.9. The number of rotatable bonds is 3. The van der Waals surface area contributed by atoms with Gasteiger partial charge in [0, 0.05) is 18.6 Å². The van der Waals surface area contributed by atoms with Crippen molar-refractivity contribution in [3.05, 3.63) is 110 Å². The third-order valence-electron chi connectivity index (χ3n) is 4.18. The van der Waals surface area contributed by atoms with Gasteiger partial charge in [0.05, 0.1) is 34.2 Å². The summed E-state index contributed by atoms with van der Waals surface area (Å²) in [6.45, 7) is 0. The molecule has 6 aromatic heterocycles. The maximum Gasteiger partial charge on any atom is 3.00 e. The molecule has 38 heavy (non-hydrogen) atoms. The van der Waals surface area contributed by atoms with E-state index < -0.39 is 7.32 Å². The van der Waals surface area contributed by atoms with Gasteiger partial charge in [0.1, 0.15) is 0 Å². The van der Waals surface area contributed by atoms with Crippen LogP contribution in [-0.2, 0) is 0 Å². The molecule has 6 rings (SSSR count). The van der Waals surface area contributed by atoms with Crippen molar-refractivity contribution in [2.45, 2.75) is 0 Å². The van der Waals surface area contributed by atoms with Crippen LogP contribution in [0.3, 0.4) is 0 Å². The molecule has 0 aromatic carbocycles. The predicted molar refractivity (Wildman–Crippen MR) is 141 cm³/mol. The summed E-state index contributed by atoms with van der Waals surface area (Å²) >= 11 is 0. The van der Waals surface area contributed by atoms with E-state index in [9.17, 15) is 0 Å². The van der Waals surface area contributed by atoms with Gasteiger partial charge in [-0.25, -0.2) is 0 Å². The van der Waals surface area contributed by atoms with Crippen LogP contribution in [0.5, 0.6) is 0 Å². The molecule has 0 amide bonds. The molecule has 0 spiro atoms. The van der Waals surface area contributed by atoms with Gasteiger partial charge >= 0.3 is 34.6 Å². The molecule has 0 fully saturated rings. The second-order valence-corrected chi connectivity index (χ2v) is 6.74. The first-order chi connectivity index (χ1) is 18.1. The fourth-order valence-electron chi connectivity index (χ4n) is 2.65. The quantitative estimate of drug-likeness (QED) is 0.223. The van der Waals surface area contributed by atoms with E-state index in [0.29, 0.717) is 0 Å². The molecule has 0 aliphatic heterocycles. The largest absolute Gasteiger partial charge is 3.00 e. The molecule has 6 heterocycles. The van der Waals surface area contributed by atoms with Crippen molar-refractivity contribution in [3.8, 4) is 34.2 Å². The molecule has 6 aromatic rings. The summed E-state index contributed by atoms with van der Waals surface area (Å²) in [6.07, 6.45) is 10.2. The molecule has 0 saturated carbocycles. The first kappa shape index (κ1) is 30.2. The van der Waals surface area contributed by atoms with E-state index in [1.54, 1.807) is 37.2 Å². The summed E-state index contributed by atoms with van der Waals surface area (Å²) in [7, 11) is -2.17. The Hall–Kier alpha value is -4.05. The van der Waals surface area contributed by atoms with Crippen molar-refractivity contribution in [1.29, 1.82) is 0 Å². The van der Waals surface area contributed by atoms with Crippen molar-refractivity contribution < 1.29 is 15.1 Å². The molecule has 186 valence electrons. The molecule has 14 heteroatoms. The smallest absolute Gasteiger partial charge is 0.581 e. The van der Waals surface area contributed by atoms with Crippen LogP contribution in [-0.4, -0.2) is 79.9 Å². The summed E-state index contributed by atoms with van der Waals surface area (Å²) in [5.41, 5.74) is 5.07. The topological polar surface area (TPSA) is 180 Å². The molecule has 0 bridgehead atoms. The molecular weight excluding hydrogens is 678 g/mol. The maximum absolute atomic E-state index is 7.17. The zero-order chi connectivity index (χ0) is 26.1. The summed E-state index contributed by atoms with van der Waals surface area (Å²) in [4.78, 5) is 12.4. The Kier molecular flexibility index (Phi) is 13.8. The van der Waals surface area contributed by atoms with E-state index in [1.807, 2.05) is 72.8 Å². The fourth-order valence-corrected chi connectivity index (χ4v) is 2.65. The Labute approximate surface area is 238 Å². The van der Waals surface area contributed by atoms with E-state index in [4.69, 9.17) is 15.1 Å². The monoisotopic (exact) mass is 699 g/mol. The van der Waals surface area contributed by atoms with Gasteiger partial charge in [-0.1, -0.05) is 36.4 Å². The minimum Gasteiger partial charge on any atom is -0.581 e. The number of nitrogens with zero attached hydrogens (tertiary/aromatic N) is 9. The van der Waals surface area contributed by atoms with Crippen LogP contribution in [0.2, 0.25) is 0 Å². The van der Waals surface area contributed by atoms with Crippen LogP contribution in [0, 0.1) is 0 Å². The fraction of sp³-hybridized carbons (Fsp3) is 0. The normalized spacial score (nSPS) is 9.24. The van der Waals surface area contributed by atoms with Crippen LogP contribution in [0.1, 0.15) is 0 Å². The SMILES string of the molecule is OB(O)O.[Tl+3].c1ccc(-c2cc[n-]n2)nc1.c1ccc(-c2cc[n-]n2)nc1.c1ccc(-c2cc[n-]n2)nc1. The summed E-state index contributed by atoms with van der Waals surface area (Å²) in [5, 5.41) is 44.2. The molecule has 0 aliphatic carbocycles. The molecule has 0 atom stereocenters.